The fourth-order valence-corrected chi connectivity index (χ4v) is 3.80. The molecule has 0 radical (unpaired) electrons. The zero-order chi connectivity index (χ0) is 19.9. The minimum absolute atomic E-state index is 0.0255. The predicted octanol–water partition coefficient (Wildman–Crippen LogP) is 2.96. The maximum absolute atomic E-state index is 12.8. The largest absolute Gasteiger partial charge is 0.352 e. The van der Waals surface area contributed by atoms with Gasteiger partial charge >= 0.3 is 0 Å². The van der Waals surface area contributed by atoms with Gasteiger partial charge in [0.15, 0.2) is 0 Å². The van der Waals surface area contributed by atoms with Crippen molar-refractivity contribution in [1.29, 1.82) is 5.26 Å². The van der Waals surface area contributed by atoms with Crippen LogP contribution in [0.3, 0.4) is 0 Å². The lowest BCUT2D eigenvalue weighted by molar-refractivity contribution is 0.0680. The smallest absolute Gasteiger partial charge is 0.256 e. The van der Waals surface area contributed by atoms with E-state index in [-0.39, 0.29) is 11.8 Å². The fraction of sp³-hybridized carbons (Fsp3) is 0.333. The summed E-state index contributed by atoms with van der Waals surface area (Å²) in [6.07, 6.45) is 5.33. The maximum atomic E-state index is 12.8. The minimum Gasteiger partial charge on any atom is -0.352 e. The summed E-state index contributed by atoms with van der Waals surface area (Å²) < 4.78 is 0. The molecule has 0 bridgehead atoms. The van der Waals surface area contributed by atoms with Crippen molar-refractivity contribution in [1.82, 2.24) is 15.2 Å². The number of carbonyl (C=O) groups is 2. The predicted molar refractivity (Wildman–Crippen MR) is 108 cm³/mol. The van der Waals surface area contributed by atoms with Gasteiger partial charge in [-0.3, -0.25) is 9.59 Å². The molecule has 1 saturated heterocycles. The number of carbonyl (C=O) groups excluding carboxylic acids is 2. The average Bonchev–Trinajstić information content (AvgIpc) is 2.77. The Balaban J connectivity index is 1.49. The molecule has 6 nitrogen and oxygen atoms in total. The normalized spacial score (nSPS) is 14.4. The van der Waals surface area contributed by atoms with Crippen LogP contribution in [0.4, 0.5) is 0 Å². The molecule has 0 atom stereocenters. The van der Waals surface area contributed by atoms with E-state index in [1.165, 1.54) is 11.8 Å². The first kappa shape index (κ1) is 19.9. The van der Waals surface area contributed by atoms with Gasteiger partial charge in [-0.05, 0) is 61.4 Å². The van der Waals surface area contributed by atoms with Crippen LogP contribution in [0.5, 0.6) is 0 Å². The van der Waals surface area contributed by atoms with Crippen LogP contribution in [0.15, 0.2) is 47.6 Å². The van der Waals surface area contributed by atoms with Crippen LogP contribution < -0.4 is 5.32 Å². The first-order valence-corrected chi connectivity index (χ1v) is 10.4. The molecule has 0 saturated carbocycles. The number of nitrogens with zero attached hydrogens (tertiary/aromatic N) is 3. The molecule has 1 aromatic carbocycles. The van der Waals surface area contributed by atoms with Crippen molar-refractivity contribution in [3.05, 3.63) is 59.3 Å². The molecule has 0 unspecified atom stereocenters. The van der Waals surface area contributed by atoms with Crippen molar-refractivity contribution in [3.63, 3.8) is 0 Å². The molecule has 1 N–H and O–H groups in total. The molecular formula is C21H22N4O2S. The van der Waals surface area contributed by atoms with Crippen LogP contribution >= 0.6 is 11.8 Å². The monoisotopic (exact) mass is 394 g/mol. The van der Waals surface area contributed by atoms with Crippen molar-refractivity contribution in [2.24, 2.45) is 5.92 Å². The molecule has 1 aliphatic heterocycles. The van der Waals surface area contributed by atoms with Gasteiger partial charge in [-0.2, -0.15) is 5.26 Å². The third kappa shape index (κ3) is 4.70. The van der Waals surface area contributed by atoms with Gasteiger partial charge in [0.25, 0.3) is 11.8 Å². The summed E-state index contributed by atoms with van der Waals surface area (Å²) in [7, 11) is 0. The summed E-state index contributed by atoms with van der Waals surface area (Å²) in [6.45, 7) is 1.95. The molecule has 1 fully saturated rings. The van der Waals surface area contributed by atoms with Gasteiger partial charge in [-0.25, -0.2) is 4.98 Å². The van der Waals surface area contributed by atoms with Crippen LogP contribution in [0.25, 0.3) is 0 Å². The molecule has 0 spiro atoms. The van der Waals surface area contributed by atoms with Gasteiger partial charge in [-0.15, -0.1) is 11.8 Å². The molecule has 3 rings (SSSR count). The van der Waals surface area contributed by atoms with E-state index in [4.69, 9.17) is 5.26 Å². The molecule has 1 aliphatic rings. The molecule has 2 amide bonds. The summed E-state index contributed by atoms with van der Waals surface area (Å²) in [6, 6.07) is 12.3. The summed E-state index contributed by atoms with van der Waals surface area (Å²) >= 11 is 1.48. The average molecular weight is 395 g/mol. The Bertz CT molecular complexity index is 884. The van der Waals surface area contributed by atoms with Crippen molar-refractivity contribution >= 4 is 23.6 Å². The van der Waals surface area contributed by atoms with Crippen LogP contribution in [0.1, 0.15) is 39.1 Å². The van der Waals surface area contributed by atoms with Crippen molar-refractivity contribution < 1.29 is 9.59 Å². The molecular weight excluding hydrogens is 372 g/mol. The number of piperidine rings is 1. The van der Waals surface area contributed by atoms with E-state index in [0.717, 1.165) is 17.9 Å². The first-order chi connectivity index (χ1) is 13.6. The minimum atomic E-state index is -0.136. The number of pyridine rings is 1. The highest BCUT2D eigenvalue weighted by Crippen LogP contribution is 2.22. The quantitative estimate of drug-likeness (QED) is 0.788. The van der Waals surface area contributed by atoms with E-state index in [9.17, 15) is 9.59 Å². The van der Waals surface area contributed by atoms with Crippen LogP contribution in [-0.2, 0) is 0 Å². The van der Waals surface area contributed by atoms with Crippen molar-refractivity contribution in [2.45, 2.75) is 17.9 Å². The lowest BCUT2D eigenvalue weighted by atomic mass is 9.96. The second-order valence-electron chi connectivity index (χ2n) is 6.69. The number of hydrogen-bond donors (Lipinski definition) is 1. The first-order valence-electron chi connectivity index (χ1n) is 9.19. The molecule has 144 valence electrons. The van der Waals surface area contributed by atoms with E-state index >= 15 is 0 Å². The molecule has 7 heteroatoms. The number of rotatable bonds is 5. The Hall–Kier alpha value is -2.85. The van der Waals surface area contributed by atoms with Crippen molar-refractivity contribution in [3.8, 4) is 6.07 Å². The fourth-order valence-electron chi connectivity index (χ4n) is 3.26. The summed E-state index contributed by atoms with van der Waals surface area (Å²) in [5.74, 6) is 0.237. The second kappa shape index (κ2) is 9.38. The summed E-state index contributed by atoms with van der Waals surface area (Å²) in [4.78, 5) is 31.2. The highest BCUT2D eigenvalue weighted by Gasteiger charge is 2.25. The van der Waals surface area contributed by atoms with Crippen LogP contribution in [0.2, 0.25) is 0 Å². The Morgan fingerprint density at radius 3 is 2.61 bits per heavy atom. The number of aromatic nitrogens is 1. The number of thioether (sulfide) groups is 1. The molecule has 2 aromatic rings. The Morgan fingerprint density at radius 1 is 1.25 bits per heavy atom. The summed E-state index contributed by atoms with van der Waals surface area (Å²) in [5, 5.41) is 12.5. The van der Waals surface area contributed by atoms with Crippen LogP contribution in [-0.4, -0.2) is 47.6 Å². The van der Waals surface area contributed by atoms with E-state index in [0.29, 0.717) is 42.2 Å². The van der Waals surface area contributed by atoms with Gasteiger partial charge in [0.05, 0.1) is 17.2 Å². The van der Waals surface area contributed by atoms with Gasteiger partial charge in [0, 0.05) is 31.4 Å². The van der Waals surface area contributed by atoms with Gasteiger partial charge in [0.1, 0.15) is 5.03 Å². The molecule has 28 heavy (non-hydrogen) atoms. The van der Waals surface area contributed by atoms with E-state index in [1.807, 2.05) is 23.3 Å². The molecule has 0 aliphatic carbocycles. The maximum Gasteiger partial charge on any atom is 0.256 e. The molecule has 2 heterocycles. The highest BCUT2D eigenvalue weighted by atomic mass is 32.2. The third-order valence-electron chi connectivity index (χ3n) is 4.92. The zero-order valence-corrected chi connectivity index (χ0v) is 16.5. The van der Waals surface area contributed by atoms with Crippen LogP contribution in [0, 0.1) is 17.2 Å². The SMILES string of the molecule is CSc1ncccc1C(=O)N1CCC(CNC(=O)c2ccc(C#N)cc2)CC1. The van der Waals surface area contributed by atoms with E-state index in [2.05, 4.69) is 10.3 Å². The van der Waals surface area contributed by atoms with Gasteiger partial charge in [-0.1, -0.05) is 0 Å². The second-order valence-corrected chi connectivity index (χ2v) is 7.49. The zero-order valence-electron chi connectivity index (χ0n) is 15.7. The van der Waals surface area contributed by atoms with Crippen molar-refractivity contribution in [2.75, 3.05) is 25.9 Å². The number of nitriles is 1. The Labute approximate surface area is 169 Å². The van der Waals surface area contributed by atoms with Gasteiger partial charge < -0.3 is 10.2 Å². The topological polar surface area (TPSA) is 86.1 Å². The number of hydrogen-bond acceptors (Lipinski definition) is 5. The Kier molecular flexibility index (Phi) is 6.66. The van der Waals surface area contributed by atoms with E-state index in [1.54, 1.807) is 36.5 Å². The highest BCUT2D eigenvalue weighted by molar-refractivity contribution is 7.98. The third-order valence-corrected chi connectivity index (χ3v) is 5.64. The van der Waals surface area contributed by atoms with E-state index < -0.39 is 0 Å². The standard InChI is InChI=1S/C21H22N4O2S/c1-28-20-18(3-2-10-23-20)21(27)25-11-8-16(9-12-25)14-24-19(26)17-6-4-15(13-22)5-7-17/h2-7,10,16H,8-9,11-12,14H2,1H3,(H,24,26). The summed E-state index contributed by atoms with van der Waals surface area (Å²) in [5.41, 5.74) is 1.74. The number of likely N-dealkylation sites (tertiary alicyclic amines) is 1. The number of benzene rings is 1. The number of amides is 2. The number of nitrogens with one attached hydrogen (secondary N) is 1. The van der Waals surface area contributed by atoms with Gasteiger partial charge in [0.2, 0.25) is 0 Å². The lowest BCUT2D eigenvalue weighted by Gasteiger charge is -2.32. The lowest BCUT2D eigenvalue weighted by Crippen LogP contribution is -2.41. The Morgan fingerprint density at radius 2 is 1.96 bits per heavy atom. The molecule has 1 aromatic heterocycles.